The van der Waals surface area contributed by atoms with Crippen molar-refractivity contribution in [2.45, 2.75) is 62.5 Å². The predicted molar refractivity (Wildman–Crippen MR) is 170 cm³/mol. The van der Waals surface area contributed by atoms with Gasteiger partial charge in [0.2, 0.25) is 11.8 Å². The van der Waals surface area contributed by atoms with Crippen molar-refractivity contribution in [3.8, 4) is 5.75 Å². The number of rotatable bonds is 14. The van der Waals surface area contributed by atoms with Gasteiger partial charge < -0.3 is 15.0 Å². The van der Waals surface area contributed by atoms with Gasteiger partial charge in [-0.3, -0.25) is 13.9 Å². The first kappa shape index (κ1) is 33.3. The normalized spacial score (nSPS) is 12.7. The Morgan fingerprint density at radius 3 is 2.31 bits per heavy atom. The minimum absolute atomic E-state index is 0.0309. The molecule has 0 heterocycles. The molecule has 0 aliphatic rings. The van der Waals surface area contributed by atoms with Gasteiger partial charge in [0.05, 0.1) is 17.2 Å². The minimum atomic E-state index is -4.22. The molecule has 8 nitrogen and oxygen atoms in total. The van der Waals surface area contributed by atoms with Gasteiger partial charge >= 0.3 is 0 Å². The maximum atomic E-state index is 14.1. The van der Waals surface area contributed by atoms with Crippen LogP contribution in [0, 0.1) is 0 Å². The maximum Gasteiger partial charge on any atom is 0.264 e. The zero-order chi connectivity index (χ0) is 30.9. The molecule has 3 aromatic rings. The summed E-state index contributed by atoms with van der Waals surface area (Å²) < 4.78 is 35.1. The van der Waals surface area contributed by atoms with Crippen molar-refractivity contribution >= 4 is 50.9 Å². The van der Waals surface area contributed by atoms with E-state index < -0.39 is 28.5 Å². The van der Waals surface area contributed by atoms with Crippen molar-refractivity contribution in [3.63, 3.8) is 0 Å². The van der Waals surface area contributed by atoms with Crippen LogP contribution < -0.4 is 14.4 Å². The third kappa shape index (κ3) is 8.42. The second-order valence-corrected chi connectivity index (χ2v) is 12.9. The van der Waals surface area contributed by atoms with Gasteiger partial charge in [-0.2, -0.15) is 0 Å². The van der Waals surface area contributed by atoms with Crippen LogP contribution in [-0.4, -0.2) is 56.6 Å². The van der Waals surface area contributed by atoms with Crippen LogP contribution in [0.15, 0.2) is 82.6 Å². The lowest BCUT2D eigenvalue weighted by Gasteiger charge is -2.33. The standard InChI is InChI=1S/C31H38ClN3O5S2/c1-6-22(3)33-31(37)23(4)34(20-24-11-10-12-25(32)19-24)30(36)21-35(28-13-8-9-14-29(28)40-7-2)42(38,39)27-17-15-26(41-5)16-18-27/h8-19,22-23H,6-7,20-21H2,1-5H3,(H,33,37)/t22-,23+/m0/s1. The fraction of sp³-hybridized carbons (Fsp3) is 0.355. The molecule has 42 heavy (non-hydrogen) atoms. The molecule has 1 N–H and O–H groups in total. The third-order valence-electron chi connectivity index (χ3n) is 6.77. The number of nitrogens with zero attached hydrogens (tertiary/aromatic N) is 2. The van der Waals surface area contributed by atoms with E-state index in [2.05, 4.69) is 5.32 Å². The summed E-state index contributed by atoms with van der Waals surface area (Å²) in [5.74, 6) is -0.574. The average Bonchev–Trinajstić information content (AvgIpc) is 2.98. The molecule has 0 saturated carbocycles. The van der Waals surface area contributed by atoms with Crippen molar-refractivity contribution in [2.75, 3.05) is 23.7 Å². The van der Waals surface area contributed by atoms with Gasteiger partial charge in [0.25, 0.3) is 10.0 Å². The Kier molecular flexibility index (Phi) is 12.1. The number of ether oxygens (including phenoxy) is 1. The quantitative estimate of drug-likeness (QED) is 0.220. The van der Waals surface area contributed by atoms with Crippen molar-refractivity contribution in [3.05, 3.63) is 83.4 Å². The van der Waals surface area contributed by atoms with Crippen LogP contribution in [0.1, 0.15) is 39.7 Å². The van der Waals surface area contributed by atoms with Crippen LogP contribution in [0.3, 0.4) is 0 Å². The van der Waals surface area contributed by atoms with Crippen LogP contribution >= 0.6 is 23.4 Å². The number of sulfonamides is 1. The summed E-state index contributed by atoms with van der Waals surface area (Å²) in [7, 11) is -4.22. The van der Waals surface area contributed by atoms with Crippen LogP contribution in [0.25, 0.3) is 0 Å². The molecule has 0 aliphatic heterocycles. The third-order valence-corrected chi connectivity index (χ3v) is 9.52. The summed E-state index contributed by atoms with van der Waals surface area (Å²) in [6, 6.07) is 19.2. The summed E-state index contributed by atoms with van der Waals surface area (Å²) >= 11 is 7.71. The van der Waals surface area contributed by atoms with E-state index >= 15 is 0 Å². The van der Waals surface area contributed by atoms with E-state index in [0.29, 0.717) is 22.9 Å². The summed E-state index contributed by atoms with van der Waals surface area (Å²) in [5.41, 5.74) is 0.928. The smallest absolute Gasteiger partial charge is 0.264 e. The van der Waals surface area contributed by atoms with E-state index in [1.54, 1.807) is 74.5 Å². The van der Waals surface area contributed by atoms with Crippen molar-refractivity contribution in [1.29, 1.82) is 0 Å². The van der Waals surface area contributed by atoms with Crippen LogP contribution in [0.2, 0.25) is 5.02 Å². The second-order valence-electron chi connectivity index (χ2n) is 9.73. The highest BCUT2D eigenvalue weighted by atomic mass is 35.5. The molecule has 0 spiro atoms. The van der Waals surface area contributed by atoms with E-state index in [0.717, 1.165) is 15.6 Å². The topological polar surface area (TPSA) is 96.0 Å². The molecular weight excluding hydrogens is 594 g/mol. The summed E-state index contributed by atoms with van der Waals surface area (Å²) in [6.45, 7) is 7.06. The lowest BCUT2D eigenvalue weighted by molar-refractivity contribution is -0.139. The zero-order valence-corrected chi connectivity index (χ0v) is 26.9. The minimum Gasteiger partial charge on any atom is -0.492 e. The number of carbonyl (C=O) groups is 2. The molecule has 11 heteroatoms. The molecule has 0 bridgehead atoms. The number of halogens is 1. The van der Waals surface area contributed by atoms with E-state index in [1.165, 1.54) is 28.8 Å². The van der Waals surface area contributed by atoms with Gasteiger partial charge in [-0.05, 0) is 87.5 Å². The zero-order valence-electron chi connectivity index (χ0n) is 24.5. The van der Waals surface area contributed by atoms with Crippen molar-refractivity contribution < 1.29 is 22.7 Å². The van der Waals surface area contributed by atoms with E-state index in [-0.39, 0.29) is 29.1 Å². The monoisotopic (exact) mass is 631 g/mol. The number of thioether (sulfide) groups is 1. The Balaban J connectivity index is 2.08. The highest BCUT2D eigenvalue weighted by molar-refractivity contribution is 7.98. The number of carbonyl (C=O) groups excluding carboxylic acids is 2. The summed E-state index contributed by atoms with van der Waals surface area (Å²) in [6.07, 6.45) is 2.62. The second kappa shape index (κ2) is 15.3. The number of hydrogen-bond acceptors (Lipinski definition) is 6. The highest BCUT2D eigenvalue weighted by Crippen LogP contribution is 2.33. The van der Waals surface area contributed by atoms with Crippen molar-refractivity contribution in [1.82, 2.24) is 10.2 Å². The van der Waals surface area contributed by atoms with Gasteiger partial charge in [-0.1, -0.05) is 42.8 Å². The first-order valence-corrected chi connectivity index (χ1v) is 16.8. The summed E-state index contributed by atoms with van der Waals surface area (Å²) in [4.78, 5) is 29.6. The molecule has 0 radical (unpaired) electrons. The van der Waals surface area contributed by atoms with Gasteiger partial charge in [0.15, 0.2) is 0 Å². The van der Waals surface area contributed by atoms with Crippen LogP contribution in [-0.2, 0) is 26.2 Å². The molecule has 0 aliphatic carbocycles. The lowest BCUT2D eigenvalue weighted by atomic mass is 10.1. The Bertz CT molecular complexity index is 1470. The largest absolute Gasteiger partial charge is 0.492 e. The number of anilines is 1. The number of para-hydroxylation sites is 2. The Morgan fingerprint density at radius 1 is 1.00 bits per heavy atom. The molecule has 2 amide bonds. The SMILES string of the molecule is CCOc1ccccc1N(CC(=O)N(Cc1cccc(Cl)c1)[C@H](C)C(=O)N[C@@H](C)CC)S(=O)(=O)c1ccc(SC)cc1. The molecular formula is C31H38ClN3O5S2. The van der Waals surface area contributed by atoms with Gasteiger partial charge in [0, 0.05) is 22.5 Å². The van der Waals surface area contributed by atoms with Gasteiger partial charge in [-0.25, -0.2) is 8.42 Å². The predicted octanol–water partition coefficient (Wildman–Crippen LogP) is 5.99. The maximum absolute atomic E-state index is 14.1. The van der Waals surface area contributed by atoms with Crippen LogP contribution in [0.4, 0.5) is 5.69 Å². The molecule has 0 saturated heterocycles. The first-order chi connectivity index (χ1) is 20.0. The average molecular weight is 632 g/mol. The Labute approximate surface area is 258 Å². The van der Waals surface area contributed by atoms with E-state index in [9.17, 15) is 18.0 Å². The lowest BCUT2D eigenvalue weighted by Crippen LogP contribution is -2.52. The fourth-order valence-electron chi connectivity index (χ4n) is 4.21. The molecule has 0 unspecified atom stereocenters. The number of amides is 2. The number of nitrogens with one attached hydrogen (secondary N) is 1. The van der Waals surface area contributed by atoms with Gasteiger partial charge in [0.1, 0.15) is 18.3 Å². The fourth-order valence-corrected chi connectivity index (χ4v) is 6.25. The molecule has 2 atom stereocenters. The first-order valence-electron chi connectivity index (χ1n) is 13.7. The highest BCUT2D eigenvalue weighted by Gasteiger charge is 2.34. The Hall–Kier alpha value is -3.21. The van der Waals surface area contributed by atoms with Crippen molar-refractivity contribution in [2.24, 2.45) is 0 Å². The molecule has 226 valence electrons. The summed E-state index contributed by atoms with van der Waals surface area (Å²) in [5, 5.41) is 3.41. The van der Waals surface area contributed by atoms with Gasteiger partial charge in [-0.15, -0.1) is 11.8 Å². The molecule has 3 aromatic carbocycles. The number of benzene rings is 3. The molecule has 0 aromatic heterocycles. The van der Waals surface area contributed by atoms with E-state index in [4.69, 9.17) is 16.3 Å². The molecule has 3 rings (SSSR count). The number of hydrogen-bond donors (Lipinski definition) is 1. The van der Waals surface area contributed by atoms with E-state index in [1.807, 2.05) is 20.1 Å². The Morgan fingerprint density at radius 2 is 1.69 bits per heavy atom. The molecule has 0 fully saturated rings. The van der Waals surface area contributed by atoms with Crippen LogP contribution in [0.5, 0.6) is 5.75 Å².